The van der Waals surface area contributed by atoms with Gasteiger partial charge in [-0.05, 0) is 25.0 Å². The zero-order valence-electron chi connectivity index (χ0n) is 7.95. The summed E-state index contributed by atoms with van der Waals surface area (Å²) in [6.45, 7) is 2.31. The summed E-state index contributed by atoms with van der Waals surface area (Å²) in [4.78, 5) is 6.82. The molecule has 1 N–H and O–H groups in total. The fraction of sp³-hybridized carbons (Fsp3) is 0.500. The van der Waals surface area contributed by atoms with Crippen molar-refractivity contribution in [2.75, 3.05) is 30.4 Å². The van der Waals surface area contributed by atoms with E-state index in [2.05, 4.69) is 21.3 Å². The van der Waals surface area contributed by atoms with Crippen molar-refractivity contribution in [3.05, 3.63) is 18.2 Å². The predicted molar refractivity (Wildman–Crippen MR) is 55.2 cm³/mol. The number of nitrogens with zero attached hydrogens (tertiary/aromatic N) is 2. The van der Waals surface area contributed by atoms with E-state index < -0.39 is 0 Å². The van der Waals surface area contributed by atoms with Crippen molar-refractivity contribution >= 4 is 11.6 Å². The third-order valence-corrected chi connectivity index (χ3v) is 2.42. The van der Waals surface area contributed by atoms with Crippen LogP contribution in [0.1, 0.15) is 12.8 Å². The molecular weight excluding hydrogens is 162 g/mol. The highest BCUT2D eigenvalue weighted by molar-refractivity contribution is 5.47. The van der Waals surface area contributed by atoms with Gasteiger partial charge in [-0.15, -0.1) is 0 Å². The van der Waals surface area contributed by atoms with Crippen LogP contribution in [0.15, 0.2) is 18.2 Å². The van der Waals surface area contributed by atoms with Gasteiger partial charge in [-0.2, -0.15) is 0 Å². The van der Waals surface area contributed by atoms with E-state index in [1.54, 1.807) is 0 Å². The quantitative estimate of drug-likeness (QED) is 0.745. The molecule has 2 rings (SSSR count). The summed E-state index contributed by atoms with van der Waals surface area (Å²) in [6.07, 6.45) is 2.59. The maximum Gasteiger partial charge on any atom is 0.130 e. The molecule has 2 heterocycles. The second-order valence-corrected chi connectivity index (χ2v) is 3.33. The SMILES string of the molecule is CNc1cccc(N2CCCC2)n1. The lowest BCUT2D eigenvalue weighted by Crippen LogP contribution is -2.19. The van der Waals surface area contributed by atoms with Crippen LogP contribution in [0.3, 0.4) is 0 Å². The molecule has 0 unspecified atom stereocenters. The summed E-state index contributed by atoms with van der Waals surface area (Å²) in [6, 6.07) is 6.11. The van der Waals surface area contributed by atoms with Crippen LogP contribution in [0.5, 0.6) is 0 Å². The van der Waals surface area contributed by atoms with Crippen molar-refractivity contribution in [1.82, 2.24) is 4.98 Å². The van der Waals surface area contributed by atoms with Gasteiger partial charge in [0, 0.05) is 20.1 Å². The first-order chi connectivity index (χ1) is 6.40. The van der Waals surface area contributed by atoms with Crippen LogP contribution in [-0.4, -0.2) is 25.1 Å². The van der Waals surface area contributed by atoms with Crippen molar-refractivity contribution in [2.24, 2.45) is 0 Å². The van der Waals surface area contributed by atoms with Crippen LogP contribution in [0, 0.1) is 0 Å². The smallest absolute Gasteiger partial charge is 0.130 e. The van der Waals surface area contributed by atoms with E-state index >= 15 is 0 Å². The third-order valence-electron chi connectivity index (χ3n) is 2.42. The summed E-state index contributed by atoms with van der Waals surface area (Å²) < 4.78 is 0. The number of nitrogens with one attached hydrogen (secondary N) is 1. The standard InChI is InChI=1S/C10H15N3/c1-11-9-5-4-6-10(12-9)13-7-2-3-8-13/h4-6H,2-3,7-8H2,1H3,(H,11,12). The van der Waals surface area contributed by atoms with E-state index in [0.29, 0.717) is 0 Å². The Morgan fingerprint density at radius 3 is 2.77 bits per heavy atom. The average molecular weight is 177 g/mol. The Labute approximate surface area is 78.8 Å². The first-order valence-corrected chi connectivity index (χ1v) is 4.80. The number of rotatable bonds is 2. The monoisotopic (exact) mass is 177 g/mol. The van der Waals surface area contributed by atoms with Crippen molar-refractivity contribution < 1.29 is 0 Å². The van der Waals surface area contributed by atoms with Gasteiger partial charge in [-0.3, -0.25) is 0 Å². The number of hydrogen-bond acceptors (Lipinski definition) is 3. The van der Waals surface area contributed by atoms with Crippen molar-refractivity contribution in [1.29, 1.82) is 0 Å². The largest absolute Gasteiger partial charge is 0.373 e. The van der Waals surface area contributed by atoms with E-state index in [0.717, 1.165) is 24.7 Å². The fourth-order valence-electron chi connectivity index (χ4n) is 1.68. The molecule has 0 atom stereocenters. The molecule has 1 aromatic heterocycles. The second-order valence-electron chi connectivity index (χ2n) is 3.33. The molecule has 1 aliphatic rings. The Bertz CT molecular complexity index is 279. The molecule has 1 aromatic rings. The first kappa shape index (κ1) is 8.35. The van der Waals surface area contributed by atoms with Gasteiger partial charge < -0.3 is 10.2 Å². The molecule has 1 saturated heterocycles. The molecule has 70 valence electrons. The van der Waals surface area contributed by atoms with E-state index in [4.69, 9.17) is 0 Å². The van der Waals surface area contributed by atoms with Crippen molar-refractivity contribution in [3.63, 3.8) is 0 Å². The van der Waals surface area contributed by atoms with Crippen LogP contribution < -0.4 is 10.2 Å². The topological polar surface area (TPSA) is 28.2 Å². The van der Waals surface area contributed by atoms with Gasteiger partial charge in [0.25, 0.3) is 0 Å². The highest BCUT2D eigenvalue weighted by Gasteiger charge is 2.12. The lowest BCUT2D eigenvalue weighted by Gasteiger charge is -2.16. The highest BCUT2D eigenvalue weighted by atomic mass is 15.2. The molecule has 0 saturated carbocycles. The molecule has 0 amide bonds. The van der Waals surface area contributed by atoms with E-state index in [1.807, 2.05) is 19.2 Å². The minimum absolute atomic E-state index is 0.949. The summed E-state index contributed by atoms with van der Waals surface area (Å²) in [5.41, 5.74) is 0. The number of hydrogen-bond donors (Lipinski definition) is 1. The average Bonchev–Trinajstić information content (AvgIpc) is 2.71. The number of pyridine rings is 1. The highest BCUT2D eigenvalue weighted by Crippen LogP contribution is 2.18. The summed E-state index contributed by atoms with van der Waals surface area (Å²) in [5, 5.41) is 3.05. The number of anilines is 2. The van der Waals surface area contributed by atoms with Crippen molar-refractivity contribution in [3.8, 4) is 0 Å². The van der Waals surface area contributed by atoms with Crippen LogP contribution in [0.2, 0.25) is 0 Å². The molecule has 0 radical (unpaired) electrons. The zero-order valence-corrected chi connectivity index (χ0v) is 7.95. The molecule has 13 heavy (non-hydrogen) atoms. The minimum Gasteiger partial charge on any atom is -0.373 e. The van der Waals surface area contributed by atoms with E-state index in [-0.39, 0.29) is 0 Å². The summed E-state index contributed by atoms with van der Waals surface area (Å²) in [5.74, 6) is 2.05. The molecule has 0 aliphatic carbocycles. The molecule has 1 aliphatic heterocycles. The molecule has 0 bridgehead atoms. The maximum atomic E-state index is 4.49. The van der Waals surface area contributed by atoms with Crippen LogP contribution in [0.4, 0.5) is 11.6 Å². The van der Waals surface area contributed by atoms with E-state index in [9.17, 15) is 0 Å². The van der Waals surface area contributed by atoms with Gasteiger partial charge in [-0.1, -0.05) is 6.07 Å². The van der Waals surface area contributed by atoms with Gasteiger partial charge in [-0.25, -0.2) is 4.98 Å². The predicted octanol–water partition coefficient (Wildman–Crippen LogP) is 1.72. The molecule has 3 heteroatoms. The Kier molecular flexibility index (Phi) is 2.34. The third kappa shape index (κ3) is 1.74. The molecule has 0 spiro atoms. The van der Waals surface area contributed by atoms with Crippen LogP contribution >= 0.6 is 0 Å². The lowest BCUT2D eigenvalue weighted by molar-refractivity contribution is 0.938. The van der Waals surface area contributed by atoms with Gasteiger partial charge in [0.2, 0.25) is 0 Å². The van der Waals surface area contributed by atoms with Gasteiger partial charge >= 0.3 is 0 Å². The Morgan fingerprint density at radius 1 is 1.31 bits per heavy atom. The van der Waals surface area contributed by atoms with Crippen molar-refractivity contribution in [2.45, 2.75) is 12.8 Å². The zero-order chi connectivity index (χ0) is 9.10. The maximum absolute atomic E-state index is 4.49. The van der Waals surface area contributed by atoms with Gasteiger partial charge in [0.05, 0.1) is 0 Å². The van der Waals surface area contributed by atoms with Gasteiger partial charge in [0.15, 0.2) is 0 Å². The Morgan fingerprint density at radius 2 is 2.08 bits per heavy atom. The molecule has 3 nitrogen and oxygen atoms in total. The first-order valence-electron chi connectivity index (χ1n) is 4.80. The van der Waals surface area contributed by atoms with Crippen LogP contribution in [-0.2, 0) is 0 Å². The summed E-state index contributed by atoms with van der Waals surface area (Å²) >= 11 is 0. The number of aromatic nitrogens is 1. The summed E-state index contributed by atoms with van der Waals surface area (Å²) in [7, 11) is 1.90. The lowest BCUT2D eigenvalue weighted by atomic mass is 10.4. The van der Waals surface area contributed by atoms with E-state index in [1.165, 1.54) is 12.8 Å². The van der Waals surface area contributed by atoms with Gasteiger partial charge in [0.1, 0.15) is 11.6 Å². The Balaban J connectivity index is 2.18. The normalized spacial score (nSPS) is 16.2. The van der Waals surface area contributed by atoms with Crippen LogP contribution in [0.25, 0.3) is 0 Å². The molecular formula is C10H15N3. The minimum atomic E-state index is 0.949. The second kappa shape index (κ2) is 3.64. The Hall–Kier alpha value is -1.25. The molecule has 1 fully saturated rings. The molecule has 0 aromatic carbocycles. The fourth-order valence-corrected chi connectivity index (χ4v) is 1.68.